The minimum Gasteiger partial charge on any atom is -0.326 e. The molecule has 2 rings (SSSR count). The number of benzene rings is 1. The maximum atomic E-state index is 12.8. The van der Waals surface area contributed by atoms with Crippen LogP contribution in [0.15, 0.2) is 24.3 Å². The first-order chi connectivity index (χ1) is 8.20. The third-order valence-electron chi connectivity index (χ3n) is 3.14. The van der Waals surface area contributed by atoms with Crippen LogP contribution in [0.5, 0.6) is 0 Å². The Morgan fingerprint density at radius 2 is 2.00 bits per heavy atom. The number of alkyl halides is 2. The molecule has 2 nitrogen and oxygen atoms in total. The molecular formula is C14H17F2NO. The maximum absolute atomic E-state index is 12.8. The number of carbonyl (C=O) groups is 1. The van der Waals surface area contributed by atoms with E-state index in [1.807, 2.05) is 18.2 Å². The monoisotopic (exact) mass is 253 g/mol. The van der Waals surface area contributed by atoms with Crippen molar-refractivity contribution in [3.05, 3.63) is 29.8 Å². The molecule has 1 fully saturated rings. The van der Waals surface area contributed by atoms with Gasteiger partial charge in [0.25, 0.3) is 5.92 Å². The van der Waals surface area contributed by atoms with E-state index >= 15 is 0 Å². The number of amides is 1. The van der Waals surface area contributed by atoms with E-state index in [1.165, 1.54) is 0 Å². The van der Waals surface area contributed by atoms with Crippen molar-refractivity contribution in [3.8, 4) is 0 Å². The van der Waals surface area contributed by atoms with Crippen LogP contribution in [0.25, 0.3) is 0 Å². The minimum atomic E-state index is -2.81. The zero-order chi connectivity index (χ0) is 13.6. The van der Waals surface area contributed by atoms with E-state index in [-0.39, 0.29) is 11.8 Å². The molecule has 0 spiro atoms. The maximum Gasteiger partial charge on any atom is 0.260 e. The number of hydrogen-bond donors (Lipinski definition) is 1. The summed E-state index contributed by atoms with van der Waals surface area (Å²) in [5, 5.41) is 2.55. The minimum absolute atomic E-state index is 0.0374. The average Bonchev–Trinajstić information content (AvgIpc) is 2.87. The van der Waals surface area contributed by atoms with Crippen LogP contribution in [0, 0.1) is 5.92 Å². The Balaban J connectivity index is 2.09. The summed E-state index contributed by atoms with van der Waals surface area (Å²) in [7, 11) is 0. The molecule has 1 aliphatic rings. The first kappa shape index (κ1) is 13.0. The second-order valence-electron chi connectivity index (χ2n) is 5.84. The molecule has 1 unspecified atom stereocenters. The van der Waals surface area contributed by atoms with Crippen molar-refractivity contribution in [1.82, 2.24) is 0 Å². The van der Waals surface area contributed by atoms with Crippen molar-refractivity contribution >= 4 is 11.6 Å². The van der Waals surface area contributed by atoms with Gasteiger partial charge in [0.15, 0.2) is 0 Å². The number of halogens is 2. The molecule has 0 bridgehead atoms. The van der Waals surface area contributed by atoms with E-state index in [9.17, 15) is 13.6 Å². The zero-order valence-electron chi connectivity index (χ0n) is 10.8. The molecule has 18 heavy (non-hydrogen) atoms. The van der Waals surface area contributed by atoms with Crippen LogP contribution < -0.4 is 5.32 Å². The molecule has 4 heteroatoms. The molecular weight excluding hydrogens is 236 g/mol. The summed E-state index contributed by atoms with van der Waals surface area (Å²) in [6.07, 6.45) is -0.336. The van der Waals surface area contributed by atoms with Crippen molar-refractivity contribution in [2.45, 2.75) is 38.5 Å². The van der Waals surface area contributed by atoms with E-state index in [1.54, 1.807) is 6.07 Å². The highest BCUT2D eigenvalue weighted by atomic mass is 19.3. The summed E-state index contributed by atoms with van der Waals surface area (Å²) in [5.41, 5.74) is 1.60. The van der Waals surface area contributed by atoms with E-state index < -0.39 is 17.7 Å². The topological polar surface area (TPSA) is 29.1 Å². The fourth-order valence-electron chi connectivity index (χ4n) is 1.79. The Bertz CT molecular complexity index is 477. The Hall–Kier alpha value is -1.45. The number of anilines is 1. The van der Waals surface area contributed by atoms with E-state index in [4.69, 9.17) is 0 Å². The molecule has 1 N–H and O–H groups in total. The SMILES string of the molecule is CC(C)(C)c1cccc(NC(=O)C2CC2(F)F)c1. The number of hydrogen-bond acceptors (Lipinski definition) is 1. The molecule has 0 radical (unpaired) electrons. The molecule has 98 valence electrons. The quantitative estimate of drug-likeness (QED) is 0.857. The van der Waals surface area contributed by atoms with Gasteiger partial charge in [0.1, 0.15) is 5.92 Å². The third-order valence-corrected chi connectivity index (χ3v) is 3.14. The van der Waals surface area contributed by atoms with Gasteiger partial charge in [-0.05, 0) is 23.1 Å². The molecule has 1 saturated carbocycles. The number of carbonyl (C=O) groups excluding carboxylic acids is 1. The first-order valence-electron chi connectivity index (χ1n) is 5.99. The molecule has 1 aromatic carbocycles. The predicted octanol–water partition coefficient (Wildman–Crippen LogP) is 3.58. The van der Waals surface area contributed by atoms with Gasteiger partial charge in [0.05, 0.1) is 0 Å². The zero-order valence-corrected chi connectivity index (χ0v) is 10.8. The van der Waals surface area contributed by atoms with Gasteiger partial charge in [0.2, 0.25) is 5.91 Å². The van der Waals surface area contributed by atoms with Gasteiger partial charge in [-0.3, -0.25) is 4.79 Å². The lowest BCUT2D eigenvalue weighted by Gasteiger charge is -2.19. The highest BCUT2D eigenvalue weighted by molar-refractivity contribution is 5.95. The van der Waals surface area contributed by atoms with E-state index in [2.05, 4.69) is 26.1 Å². The molecule has 1 amide bonds. The third kappa shape index (κ3) is 2.68. The molecule has 0 heterocycles. The van der Waals surface area contributed by atoms with Gasteiger partial charge < -0.3 is 5.32 Å². The summed E-state index contributed by atoms with van der Waals surface area (Å²) in [6.45, 7) is 6.18. The summed E-state index contributed by atoms with van der Waals surface area (Å²) in [6, 6.07) is 7.33. The van der Waals surface area contributed by atoms with Gasteiger partial charge >= 0.3 is 0 Å². The van der Waals surface area contributed by atoms with Crippen LogP contribution >= 0.6 is 0 Å². The van der Waals surface area contributed by atoms with Crippen LogP contribution in [0.2, 0.25) is 0 Å². The van der Waals surface area contributed by atoms with Crippen molar-refractivity contribution < 1.29 is 13.6 Å². The van der Waals surface area contributed by atoms with Crippen LogP contribution in [0.3, 0.4) is 0 Å². The molecule has 1 aromatic rings. The summed E-state index contributed by atoms with van der Waals surface area (Å²) >= 11 is 0. The lowest BCUT2D eigenvalue weighted by atomic mass is 9.87. The van der Waals surface area contributed by atoms with Crippen LogP contribution in [0.4, 0.5) is 14.5 Å². The Morgan fingerprint density at radius 1 is 1.39 bits per heavy atom. The van der Waals surface area contributed by atoms with Crippen molar-refractivity contribution in [1.29, 1.82) is 0 Å². The predicted molar refractivity (Wildman–Crippen MR) is 66.8 cm³/mol. The molecule has 1 atom stereocenters. The number of rotatable bonds is 2. The highest BCUT2D eigenvalue weighted by Gasteiger charge is 2.61. The smallest absolute Gasteiger partial charge is 0.260 e. The normalized spacial score (nSPS) is 21.5. The Morgan fingerprint density at radius 3 is 2.50 bits per heavy atom. The van der Waals surface area contributed by atoms with E-state index in [0.717, 1.165) is 5.56 Å². The molecule has 0 aliphatic heterocycles. The van der Waals surface area contributed by atoms with Gasteiger partial charge in [-0.2, -0.15) is 0 Å². The summed E-state index contributed by atoms with van der Waals surface area (Å²) in [5.74, 6) is -4.56. The fourth-order valence-corrected chi connectivity index (χ4v) is 1.79. The van der Waals surface area contributed by atoms with Crippen LogP contribution in [-0.4, -0.2) is 11.8 Å². The van der Waals surface area contributed by atoms with Crippen LogP contribution in [-0.2, 0) is 10.2 Å². The van der Waals surface area contributed by atoms with Crippen molar-refractivity contribution in [3.63, 3.8) is 0 Å². The number of nitrogens with one attached hydrogen (secondary N) is 1. The molecule has 0 aromatic heterocycles. The van der Waals surface area contributed by atoms with Crippen molar-refractivity contribution in [2.75, 3.05) is 5.32 Å². The van der Waals surface area contributed by atoms with Gasteiger partial charge in [0, 0.05) is 12.1 Å². The van der Waals surface area contributed by atoms with Gasteiger partial charge in [-0.1, -0.05) is 32.9 Å². The summed E-state index contributed by atoms with van der Waals surface area (Å²) in [4.78, 5) is 11.6. The second kappa shape index (κ2) is 4.04. The lowest BCUT2D eigenvalue weighted by Crippen LogP contribution is -2.18. The van der Waals surface area contributed by atoms with Crippen molar-refractivity contribution in [2.24, 2.45) is 5.92 Å². The highest BCUT2D eigenvalue weighted by Crippen LogP contribution is 2.49. The average molecular weight is 253 g/mol. The van der Waals surface area contributed by atoms with E-state index in [0.29, 0.717) is 5.69 Å². The largest absolute Gasteiger partial charge is 0.326 e. The van der Waals surface area contributed by atoms with Gasteiger partial charge in [-0.15, -0.1) is 0 Å². The van der Waals surface area contributed by atoms with Gasteiger partial charge in [-0.25, -0.2) is 8.78 Å². The lowest BCUT2D eigenvalue weighted by molar-refractivity contribution is -0.119. The Labute approximate surface area is 105 Å². The first-order valence-corrected chi connectivity index (χ1v) is 5.99. The Kier molecular flexibility index (Phi) is 2.92. The standard InChI is InChI=1S/C14H17F2NO/c1-13(2,3)9-5-4-6-10(7-9)17-12(18)11-8-14(11,15)16/h4-7,11H,8H2,1-3H3,(H,17,18). The second-order valence-corrected chi connectivity index (χ2v) is 5.84. The summed E-state index contributed by atoms with van der Waals surface area (Å²) < 4.78 is 25.5. The fraction of sp³-hybridized carbons (Fsp3) is 0.500. The van der Waals surface area contributed by atoms with Crippen LogP contribution in [0.1, 0.15) is 32.8 Å². The molecule has 0 saturated heterocycles. The molecule has 1 aliphatic carbocycles.